The summed E-state index contributed by atoms with van der Waals surface area (Å²) in [5.74, 6) is 3.78. The molecule has 2 heteroatoms. The molecule has 4 rings (SSSR count). The van der Waals surface area contributed by atoms with E-state index in [1.165, 1.54) is 19.3 Å². The molecule has 1 N–H and O–H groups in total. The molecule has 2 atom stereocenters. The SMILES string of the molecule is C#CCCCCNC(=O)C12CC3CC(C)(CC(C)(C3)C1)C2. The van der Waals surface area contributed by atoms with Gasteiger partial charge in [-0.05, 0) is 68.1 Å². The number of nitrogens with one attached hydrogen (secondary N) is 1. The van der Waals surface area contributed by atoms with Gasteiger partial charge in [0.15, 0.2) is 0 Å². The summed E-state index contributed by atoms with van der Waals surface area (Å²) < 4.78 is 0. The monoisotopic (exact) mass is 287 g/mol. The smallest absolute Gasteiger partial charge is 0.226 e. The molecule has 2 unspecified atom stereocenters. The van der Waals surface area contributed by atoms with Gasteiger partial charge in [0.1, 0.15) is 0 Å². The van der Waals surface area contributed by atoms with Gasteiger partial charge in [0.2, 0.25) is 5.91 Å². The van der Waals surface area contributed by atoms with E-state index >= 15 is 0 Å². The van der Waals surface area contributed by atoms with Crippen LogP contribution in [0.4, 0.5) is 0 Å². The highest BCUT2D eigenvalue weighted by atomic mass is 16.2. The molecule has 4 fully saturated rings. The van der Waals surface area contributed by atoms with Crippen molar-refractivity contribution < 1.29 is 4.79 Å². The maximum Gasteiger partial charge on any atom is 0.226 e. The normalized spacial score (nSPS) is 43.6. The Hall–Kier alpha value is -0.970. The molecule has 116 valence electrons. The number of hydrogen-bond donors (Lipinski definition) is 1. The van der Waals surface area contributed by atoms with Crippen molar-refractivity contribution in [1.82, 2.24) is 5.32 Å². The number of carbonyl (C=O) groups is 1. The van der Waals surface area contributed by atoms with Crippen LogP contribution >= 0.6 is 0 Å². The summed E-state index contributed by atoms with van der Waals surface area (Å²) >= 11 is 0. The van der Waals surface area contributed by atoms with Crippen molar-refractivity contribution in [2.45, 2.75) is 71.6 Å². The summed E-state index contributed by atoms with van der Waals surface area (Å²) in [6.45, 7) is 5.63. The van der Waals surface area contributed by atoms with Gasteiger partial charge < -0.3 is 5.32 Å². The Morgan fingerprint density at radius 1 is 1.14 bits per heavy atom. The summed E-state index contributed by atoms with van der Waals surface area (Å²) in [4.78, 5) is 12.9. The number of terminal acetylenes is 1. The first kappa shape index (κ1) is 14.9. The molecule has 4 saturated carbocycles. The second-order valence-electron chi connectivity index (χ2n) is 8.83. The van der Waals surface area contributed by atoms with Gasteiger partial charge in [0, 0.05) is 13.0 Å². The van der Waals surface area contributed by atoms with Gasteiger partial charge in [-0.15, -0.1) is 12.3 Å². The van der Waals surface area contributed by atoms with E-state index in [-0.39, 0.29) is 5.41 Å². The zero-order valence-electron chi connectivity index (χ0n) is 13.6. The van der Waals surface area contributed by atoms with E-state index in [0.29, 0.717) is 16.7 Å². The Morgan fingerprint density at radius 2 is 1.81 bits per heavy atom. The Labute approximate surface area is 129 Å². The zero-order chi connectivity index (χ0) is 15.1. The minimum absolute atomic E-state index is 0.0605. The lowest BCUT2D eigenvalue weighted by atomic mass is 9.40. The van der Waals surface area contributed by atoms with E-state index in [1.807, 2.05) is 0 Å². The molecule has 0 heterocycles. The first-order valence-corrected chi connectivity index (χ1v) is 8.61. The van der Waals surface area contributed by atoms with Crippen molar-refractivity contribution in [3.8, 4) is 12.3 Å². The zero-order valence-corrected chi connectivity index (χ0v) is 13.6. The molecule has 4 bridgehead atoms. The summed E-state index contributed by atoms with van der Waals surface area (Å²) in [7, 11) is 0. The van der Waals surface area contributed by atoms with Crippen LogP contribution in [0.3, 0.4) is 0 Å². The Morgan fingerprint density at radius 3 is 2.38 bits per heavy atom. The van der Waals surface area contributed by atoms with E-state index in [0.717, 1.165) is 51.0 Å². The first-order chi connectivity index (χ1) is 9.89. The van der Waals surface area contributed by atoms with Crippen LogP contribution in [0.25, 0.3) is 0 Å². The Kier molecular flexibility index (Phi) is 3.59. The molecule has 4 aliphatic carbocycles. The van der Waals surface area contributed by atoms with Gasteiger partial charge in [-0.1, -0.05) is 13.8 Å². The molecular formula is C19H29NO. The van der Waals surface area contributed by atoms with Crippen LogP contribution in [-0.4, -0.2) is 12.5 Å². The summed E-state index contributed by atoms with van der Waals surface area (Å²) in [5.41, 5.74) is 0.763. The molecule has 0 aliphatic heterocycles. The number of unbranched alkanes of at least 4 members (excludes halogenated alkanes) is 2. The van der Waals surface area contributed by atoms with E-state index < -0.39 is 0 Å². The van der Waals surface area contributed by atoms with E-state index in [4.69, 9.17) is 6.42 Å². The van der Waals surface area contributed by atoms with E-state index in [2.05, 4.69) is 25.1 Å². The van der Waals surface area contributed by atoms with E-state index in [9.17, 15) is 4.79 Å². The predicted octanol–water partition coefficient (Wildman–Crippen LogP) is 3.90. The molecule has 21 heavy (non-hydrogen) atoms. The second kappa shape index (κ2) is 5.04. The first-order valence-electron chi connectivity index (χ1n) is 8.61. The van der Waals surface area contributed by atoms with Crippen LogP contribution in [0.1, 0.15) is 71.6 Å². The lowest BCUT2D eigenvalue weighted by Crippen LogP contribution is -2.59. The highest BCUT2D eigenvalue weighted by molar-refractivity contribution is 5.83. The second-order valence-corrected chi connectivity index (χ2v) is 8.83. The quantitative estimate of drug-likeness (QED) is 0.603. The maximum atomic E-state index is 12.9. The van der Waals surface area contributed by atoms with Crippen LogP contribution in [0.15, 0.2) is 0 Å². The van der Waals surface area contributed by atoms with Crippen molar-refractivity contribution >= 4 is 5.91 Å². The van der Waals surface area contributed by atoms with Crippen molar-refractivity contribution in [3.05, 3.63) is 0 Å². The summed E-state index contributed by atoms with van der Waals surface area (Å²) in [6.07, 6.45) is 15.5. The van der Waals surface area contributed by atoms with Crippen molar-refractivity contribution in [1.29, 1.82) is 0 Å². The van der Waals surface area contributed by atoms with Gasteiger partial charge in [0.25, 0.3) is 0 Å². The van der Waals surface area contributed by atoms with Gasteiger partial charge in [-0.3, -0.25) is 4.79 Å². The fourth-order valence-electron chi connectivity index (χ4n) is 6.44. The average molecular weight is 287 g/mol. The summed E-state index contributed by atoms with van der Waals surface area (Å²) in [6, 6.07) is 0. The lowest BCUT2D eigenvalue weighted by Gasteiger charge is -2.64. The molecule has 1 amide bonds. The third-order valence-electron chi connectivity index (χ3n) is 6.14. The van der Waals surface area contributed by atoms with Crippen LogP contribution in [-0.2, 0) is 4.79 Å². The van der Waals surface area contributed by atoms with Gasteiger partial charge in [-0.25, -0.2) is 0 Å². The average Bonchev–Trinajstić information content (AvgIpc) is 2.33. The third kappa shape index (κ3) is 2.72. The maximum absolute atomic E-state index is 12.9. The fourth-order valence-corrected chi connectivity index (χ4v) is 6.44. The molecular weight excluding hydrogens is 258 g/mol. The molecule has 0 radical (unpaired) electrons. The number of hydrogen-bond acceptors (Lipinski definition) is 1. The Bertz CT molecular complexity index is 456. The predicted molar refractivity (Wildman–Crippen MR) is 85.5 cm³/mol. The van der Waals surface area contributed by atoms with Crippen molar-refractivity contribution in [3.63, 3.8) is 0 Å². The van der Waals surface area contributed by atoms with Gasteiger partial charge >= 0.3 is 0 Å². The minimum Gasteiger partial charge on any atom is -0.356 e. The highest BCUT2D eigenvalue weighted by Crippen LogP contribution is 2.69. The van der Waals surface area contributed by atoms with Gasteiger partial charge in [-0.2, -0.15) is 0 Å². The number of rotatable bonds is 5. The van der Waals surface area contributed by atoms with Gasteiger partial charge in [0.05, 0.1) is 5.41 Å². The molecule has 0 aromatic rings. The summed E-state index contributed by atoms with van der Waals surface area (Å²) in [5, 5.41) is 3.23. The largest absolute Gasteiger partial charge is 0.356 e. The third-order valence-corrected chi connectivity index (χ3v) is 6.14. The molecule has 0 spiro atoms. The van der Waals surface area contributed by atoms with Crippen LogP contribution in [0, 0.1) is 34.5 Å². The molecule has 4 aliphatic rings. The van der Waals surface area contributed by atoms with Crippen LogP contribution in [0.5, 0.6) is 0 Å². The molecule has 0 aromatic heterocycles. The number of carbonyl (C=O) groups excluding carboxylic acids is 1. The molecule has 2 nitrogen and oxygen atoms in total. The molecule has 0 saturated heterocycles. The number of amides is 1. The van der Waals surface area contributed by atoms with Crippen LogP contribution < -0.4 is 5.32 Å². The van der Waals surface area contributed by atoms with Crippen LogP contribution in [0.2, 0.25) is 0 Å². The minimum atomic E-state index is -0.0605. The lowest BCUT2D eigenvalue weighted by molar-refractivity contribution is -0.170. The van der Waals surface area contributed by atoms with Crippen molar-refractivity contribution in [2.24, 2.45) is 22.2 Å². The topological polar surface area (TPSA) is 29.1 Å². The Balaban J connectivity index is 1.64. The standard InChI is InChI=1S/C19H29NO/c1-4-5-6-7-8-20-16(21)19-11-15-9-17(2,13-19)12-18(3,10-15)14-19/h1,15H,5-14H2,2-3H3,(H,20,21). The van der Waals surface area contributed by atoms with E-state index in [1.54, 1.807) is 0 Å². The highest BCUT2D eigenvalue weighted by Gasteiger charge is 2.62. The van der Waals surface area contributed by atoms with Crippen molar-refractivity contribution in [2.75, 3.05) is 6.54 Å². The molecule has 0 aromatic carbocycles. The fraction of sp³-hybridized carbons (Fsp3) is 0.842.